The zero-order valence-electron chi connectivity index (χ0n) is 21.4. The zero-order chi connectivity index (χ0) is 27.2. The normalized spacial score (nSPS) is 12.6. The lowest BCUT2D eigenvalue weighted by atomic mass is 9.99. The number of carbonyl (C=O) groups is 3. The van der Waals surface area contributed by atoms with Crippen LogP contribution < -0.4 is 16.0 Å². The summed E-state index contributed by atoms with van der Waals surface area (Å²) in [6.07, 6.45) is -0.164. The summed E-state index contributed by atoms with van der Waals surface area (Å²) in [5.74, 6) is -1.72. The number of anilines is 3. The third-order valence-corrected chi connectivity index (χ3v) is 6.25. The number of aromatic nitrogens is 1. The van der Waals surface area contributed by atoms with Gasteiger partial charge in [0.05, 0.1) is 18.9 Å². The van der Waals surface area contributed by atoms with Crippen molar-refractivity contribution >= 4 is 46.1 Å². The van der Waals surface area contributed by atoms with Crippen molar-refractivity contribution in [3.05, 3.63) is 83.4 Å². The van der Waals surface area contributed by atoms with Gasteiger partial charge >= 0.3 is 5.97 Å². The summed E-state index contributed by atoms with van der Waals surface area (Å²) in [4.78, 5) is 40.0. The summed E-state index contributed by atoms with van der Waals surface area (Å²) in [6, 6.07) is 20.1. The number of para-hydroxylation sites is 1. The van der Waals surface area contributed by atoms with Crippen LogP contribution in [0.4, 0.5) is 17.4 Å². The predicted molar refractivity (Wildman–Crippen MR) is 146 cm³/mol. The van der Waals surface area contributed by atoms with Crippen LogP contribution in [0.15, 0.2) is 71.1 Å². The Bertz CT molecular complexity index is 1460. The number of Topliss-reactive ketones (excluding diaryl/α,β-unsaturated/α-hetero) is 1. The molecule has 0 saturated heterocycles. The SMILES string of the molecule is CC(=O)CN[C@H](CC(=O)O)c1ccc(NC(=O)C(C)c2ccc3nc(Nc4ccccc4C)oc3c2)cc1. The molecule has 0 spiro atoms. The predicted octanol–water partition coefficient (Wildman–Crippen LogP) is 5.32. The van der Waals surface area contributed by atoms with E-state index in [1.165, 1.54) is 6.92 Å². The highest BCUT2D eigenvalue weighted by Crippen LogP contribution is 2.28. The Morgan fingerprint density at radius 1 is 1.00 bits per heavy atom. The summed E-state index contributed by atoms with van der Waals surface area (Å²) in [5.41, 5.74) is 5.30. The molecule has 0 aliphatic carbocycles. The number of amides is 1. The lowest BCUT2D eigenvalue weighted by Crippen LogP contribution is -2.28. The number of hydrogen-bond donors (Lipinski definition) is 4. The van der Waals surface area contributed by atoms with Gasteiger partial charge < -0.3 is 25.5 Å². The molecule has 0 fully saturated rings. The van der Waals surface area contributed by atoms with Crippen molar-refractivity contribution in [2.24, 2.45) is 0 Å². The molecule has 38 heavy (non-hydrogen) atoms. The number of carbonyl (C=O) groups excluding carboxylic acids is 2. The molecule has 1 aromatic heterocycles. The van der Waals surface area contributed by atoms with Gasteiger partial charge in [0, 0.05) is 17.4 Å². The molecule has 0 bridgehead atoms. The third kappa shape index (κ3) is 6.63. The Balaban J connectivity index is 1.43. The molecule has 9 heteroatoms. The molecule has 196 valence electrons. The van der Waals surface area contributed by atoms with Crippen LogP contribution in [0.3, 0.4) is 0 Å². The van der Waals surface area contributed by atoms with E-state index in [1.54, 1.807) is 24.3 Å². The van der Waals surface area contributed by atoms with Crippen LogP contribution in [-0.4, -0.2) is 34.3 Å². The Morgan fingerprint density at radius 2 is 1.71 bits per heavy atom. The van der Waals surface area contributed by atoms with Crippen LogP contribution in [0.1, 0.15) is 48.9 Å². The molecule has 1 unspecified atom stereocenters. The van der Waals surface area contributed by atoms with E-state index in [2.05, 4.69) is 20.9 Å². The van der Waals surface area contributed by atoms with Gasteiger partial charge in [-0.05, 0) is 67.8 Å². The van der Waals surface area contributed by atoms with Gasteiger partial charge in [-0.3, -0.25) is 14.4 Å². The van der Waals surface area contributed by atoms with Crippen molar-refractivity contribution in [1.29, 1.82) is 0 Å². The van der Waals surface area contributed by atoms with Crippen molar-refractivity contribution in [3.63, 3.8) is 0 Å². The number of rotatable bonds is 11. The van der Waals surface area contributed by atoms with Gasteiger partial charge in [0.2, 0.25) is 5.91 Å². The van der Waals surface area contributed by atoms with Crippen molar-refractivity contribution in [2.45, 2.75) is 39.2 Å². The molecule has 2 atom stereocenters. The van der Waals surface area contributed by atoms with E-state index in [0.717, 1.165) is 16.8 Å². The number of carboxylic acids is 1. The van der Waals surface area contributed by atoms with Gasteiger partial charge in [0.15, 0.2) is 5.58 Å². The maximum atomic E-state index is 13.0. The number of aryl methyl sites for hydroxylation is 1. The molecule has 1 amide bonds. The first kappa shape index (κ1) is 26.6. The number of oxazole rings is 1. The lowest BCUT2D eigenvalue weighted by molar-refractivity contribution is -0.137. The van der Waals surface area contributed by atoms with E-state index < -0.39 is 17.9 Å². The number of aliphatic carboxylic acids is 1. The largest absolute Gasteiger partial charge is 0.481 e. The monoisotopic (exact) mass is 514 g/mol. The van der Waals surface area contributed by atoms with Crippen LogP contribution in [0, 0.1) is 6.92 Å². The van der Waals surface area contributed by atoms with Crippen LogP contribution >= 0.6 is 0 Å². The highest BCUT2D eigenvalue weighted by molar-refractivity contribution is 5.96. The lowest BCUT2D eigenvalue weighted by Gasteiger charge is -2.17. The third-order valence-electron chi connectivity index (χ3n) is 6.25. The van der Waals surface area contributed by atoms with Gasteiger partial charge in [0.25, 0.3) is 6.01 Å². The fraction of sp³-hybridized carbons (Fsp3) is 0.241. The number of nitrogens with one attached hydrogen (secondary N) is 3. The Kier molecular flexibility index (Phi) is 8.18. The minimum absolute atomic E-state index is 0.0763. The number of nitrogens with zero attached hydrogens (tertiary/aromatic N) is 1. The average Bonchev–Trinajstić information content (AvgIpc) is 3.29. The molecule has 4 N–H and O–H groups in total. The second kappa shape index (κ2) is 11.7. The van der Waals surface area contributed by atoms with E-state index in [4.69, 9.17) is 4.42 Å². The van der Waals surface area contributed by atoms with Gasteiger partial charge in [-0.15, -0.1) is 0 Å². The topological polar surface area (TPSA) is 134 Å². The second-order valence-corrected chi connectivity index (χ2v) is 9.25. The van der Waals surface area contributed by atoms with Crippen LogP contribution in [0.2, 0.25) is 0 Å². The summed E-state index contributed by atoms with van der Waals surface area (Å²) >= 11 is 0. The summed E-state index contributed by atoms with van der Waals surface area (Å²) < 4.78 is 5.89. The first-order chi connectivity index (χ1) is 18.2. The van der Waals surface area contributed by atoms with Crippen LogP contribution in [-0.2, 0) is 14.4 Å². The molecule has 0 saturated carbocycles. The molecule has 1 heterocycles. The summed E-state index contributed by atoms with van der Waals surface area (Å²) in [5, 5.41) is 18.3. The van der Waals surface area contributed by atoms with E-state index >= 15 is 0 Å². The first-order valence-corrected chi connectivity index (χ1v) is 12.3. The van der Waals surface area contributed by atoms with Gasteiger partial charge in [-0.2, -0.15) is 4.98 Å². The molecule has 0 radical (unpaired) electrons. The Labute approximate surface area is 220 Å². The minimum atomic E-state index is -0.973. The van der Waals surface area contributed by atoms with Gasteiger partial charge in [0.1, 0.15) is 11.3 Å². The van der Waals surface area contributed by atoms with E-state index in [-0.39, 0.29) is 24.7 Å². The quantitative estimate of drug-likeness (QED) is 0.211. The minimum Gasteiger partial charge on any atom is -0.481 e. The smallest absolute Gasteiger partial charge is 0.305 e. The molecule has 0 aliphatic heterocycles. The summed E-state index contributed by atoms with van der Waals surface area (Å²) in [7, 11) is 0. The van der Waals surface area contributed by atoms with Gasteiger partial charge in [-0.25, -0.2) is 0 Å². The van der Waals surface area contributed by atoms with Crippen molar-refractivity contribution < 1.29 is 23.9 Å². The maximum Gasteiger partial charge on any atom is 0.305 e. The molecule has 4 rings (SSSR count). The number of fused-ring (bicyclic) bond motifs is 1. The van der Waals surface area contributed by atoms with Crippen LogP contribution in [0.5, 0.6) is 0 Å². The first-order valence-electron chi connectivity index (χ1n) is 12.3. The van der Waals surface area contributed by atoms with Crippen molar-refractivity contribution in [3.8, 4) is 0 Å². The second-order valence-electron chi connectivity index (χ2n) is 9.25. The van der Waals surface area contributed by atoms with E-state index in [1.807, 2.05) is 56.3 Å². The van der Waals surface area contributed by atoms with Crippen molar-refractivity contribution in [1.82, 2.24) is 10.3 Å². The average molecular weight is 515 g/mol. The van der Waals surface area contributed by atoms with E-state index in [0.29, 0.717) is 28.4 Å². The number of carboxylic acid groups (broad SMARTS) is 1. The molecule has 4 aromatic rings. The summed E-state index contributed by atoms with van der Waals surface area (Å²) in [6.45, 7) is 5.32. The van der Waals surface area contributed by atoms with E-state index in [9.17, 15) is 19.5 Å². The maximum absolute atomic E-state index is 13.0. The van der Waals surface area contributed by atoms with Gasteiger partial charge in [-0.1, -0.05) is 36.4 Å². The Hall–Kier alpha value is -4.50. The molecular weight excluding hydrogens is 484 g/mol. The zero-order valence-corrected chi connectivity index (χ0v) is 21.4. The van der Waals surface area contributed by atoms with Crippen LogP contribution in [0.25, 0.3) is 11.1 Å². The molecule has 3 aromatic carbocycles. The number of benzene rings is 3. The highest BCUT2D eigenvalue weighted by atomic mass is 16.4. The molecule has 0 aliphatic rings. The number of ketones is 1. The Morgan fingerprint density at radius 3 is 2.39 bits per heavy atom. The molecule has 9 nitrogen and oxygen atoms in total. The molecular formula is C29H30N4O5. The van der Waals surface area contributed by atoms with Crippen molar-refractivity contribution in [2.75, 3.05) is 17.2 Å². The highest BCUT2D eigenvalue weighted by Gasteiger charge is 2.19. The fourth-order valence-corrected chi connectivity index (χ4v) is 4.04. The standard InChI is InChI=1S/C29H30N4O5/c1-17-6-4-5-7-23(17)32-29-33-24-13-10-21(14-26(24)38-29)19(3)28(37)31-22-11-8-20(9-12-22)25(15-27(35)36)30-16-18(2)34/h4-14,19,25,30H,15-16H2,1-3H3,(H,31,37)(H,32,33)(H,35,36)/t19?,25-/m1/s1. The fourth-order valence-electron chi connectivity index (χ4n) is 4.04. The number of hydrogen-bond acceptors (Lipinski definition) is 7.